The molecule has 0 saturated carbocycles. The number of nitrogens with zero attached hydrogens (tertiary/aromatic N) is 1. The highest BCUT2D eigenvalue weighted by Gasteiger charge is 2.17. The highest BCUT2D eigenvalue weighted by molar-refractivity contribution is 7.88. The largest absolute Gasteiger partial charge is 0.351 e. The summed E-state index contributed by atoms with van der Waals surface area (Å²) >= 11 is 5.97. The van der Waals surface area contributed by atoms with Crippen LogP contribution in [0.25, 0.3) is 0 Å². The van der Waals surface area contributed by atoms with Crippen LogP contribution >= 0.6 is 11.6 Å². The highest BCUT2D eigenvalue weighted by Crippen LogP contribution is 2.14. The molecule has 0 aliphatic carbocycles. The second kappa shape index (κ2) is 9.12. The zero-order chi connectivity index (χ0) is 19.2. The zero-order valence-electron chi connectivity index (χ0n) is 14.3. The number of amides is 1. The lowest BCUT2D eigenvalue weighted by Crippen LogP contribution is -2.39. The van der Waals surface area contributed by atoms with E-state index in [0.717, 1.165) is 11.8 Å². The average Bonchev–Trinajstić information content (AvgIpc) is 2.58. The summed E-state index contributed by atoms with van der Waals surface area (Å²) in [6.45, 7) is 0.531. The fourth-order valence-electron chi connectivity index (χ4n) is 2.38. The normalized spacial score (nSPS) is 11.5. The lowest BCUT2D eigenvalue weighted by Gasteiger charge is -2.20. The van der Waals surface area contributed by atoms with Crippen LogP contribution in [0, 0.1) is 5.82 Å². The maximum absolute atomic E-state index is 12.9. The Morgan fingerprint density at radius 1 is 1.12 bits per heavy atom. The molecule has 8 heteroatoms. The Balaban J connectivity index is 1.91. The Hall–Kier alpha value is -1.96. The Kier molecular flexibility index (Phi) is 7.14. The van der Waals surface area contributed by atoms with Gasteiger partial charge in [-0.25, -0.2) is 17.1 Å². The lowest BCUT2D eigenvalue weighted by molar-refractivity contribution is 0.0951. The maximum atomic E-state index is 12.9. The van der Waals surface area contributed by atoms with Gasteiger partial charge >= 0.3 is 0 Å². The molecule has 1 N–H and O–H groups in total. The summed E-state index contributed by atoms with van der Waals surface area (Å²) in [5, 5.41) is 3.00. The molecule has 0 unspecified atom stereocenters. The van der Waals surface area contributed by atoms with Crippen molar-refractivity contribution in [3.63, 3.8) is 0 Å². The summed E-state index contributed by atoms with van der Waals surface area (Å²) in [6, 6.07) is 12.5. The maximum Gasteiger partial charge on any atom is 0.252 e. The Labute approximate surface area is 157 Å². The zero-order valence-corrected chi connectivity index (χ0v) is 15.9. The second-order valence-electron chi connectivity index (χ2n) is 5.77. The molecule has 0 aromatic heterocycles. The van der Waals surface area contributed by atoms with Crippen molar-refractivity contribution in [3.05, 3.63) is 70.5 Å². The number of rotatable bonds is 8. The number of carbonyl (C=O) groups is 1. The minimum absolute atomic E-state index is 0.135. The molecule has 0 atom stereocenters. The quantitative estimate of drug-likeness (QED) is 0.743. The molecular weight excluding hydrogens is 379 g/mol. The molecule has 0 saturated heterocycles. The molecule has 2 rings (SSSR count). The van der Waals surface area contributed by atoms with Gasteiger partial charge in [-0.3, -0.25) is 4.79 Å². The van der Waals surface area contributed by atoms with Crippen molar-refractivity contribution in [2.75, 3.05) is 25.9 Å². The number of hydrogen-bond acceptors (Lipinski definition) is 3. The van der Waals surface area contributed by atoms with Gasteiger partial charge in [-0.1, -0.05) is 35.9 Å². The number of carbonyl (C=O) groups excluding carboxylic acids is 1. The first-order chi connectivity index (χ1) is 12.3. The topological polar surface area (TPSA) is 66.5 Å². The molecule has 0 aliphatic heterocycles. The van der Waals surface area contributed by atoms with Gasteiger partial charge in [0, 0.05) is 19.6 Å². The van der Waals surface area contributed by atoms with Gasteiger partial charge in [-0.15, -0.1) is 0 Å². The van der Waals surface area contributed by atoms with Gasteiger partial charge in [0.15, 0.2) is 0 Å². The highest BCUT2D eigenvalue weighted by atomic mass is 35.5. The van der Waals surface area contributed by atoms with Crippen LogP contribution in [-0.4, -0.2) is 44.5 Å². The fraction of sp³-hybridized carbons (Fsp3) is 0.278. The van der Waals surface area contributed by atoms with Crippen LogP contribution in [0.4, 0.5) is 4.39 Å². The van der Waals surface area contributed by atoms with E-state index in [1.165, 1.54) is 16.4 Å². The monoisotopic (exact) mass is 398 g/mol. The summed E-state index contributed by atoms with van der Waals surface area (Å²) in [5.74, 6) is -0.696. The molecule has 0 fully saturated rings. The minimum Gasteiger partial charge on any atom is -0.351 e. The van der Waals surface area contributed by atoms with E-state index in [9.17, 15) is 17.6 Å². The first-order valence-corrected chi connectivity index (χ1v) is 10.2. The third kappa shape index (κ3) is 6.09. The molecule has 0 spiro atoms. The lowest BCUT2D eigenvalue weighted by atomic mass is 10.1. The van der Waals surface area contributed by atoms with Gasteiger partial charge in [0.25, 0.3) is 5.91 Å². The predicted molar refractivity (Wildman–Crippen MR) is 100 cm³/mol. The first-order valence-electron chi connectivity index (χ1n) is 7.99. The molecule has 0 heterocycles. The fourth-order valence-corrected chi connectivity index (χ4v) is 3.45. The van der Waals surface area contributed by atoms with Crippen LogP contribution in [0.3, 0.4) is 0 Å². The molecule has 140 valence electrons. The van der Waals surface area contributed by atoms with Crippen LogP contribution in [0.2, 0.25) is 5.02 Å². The van der Waals surface area contributed by atoms with Crippen molar-refractivity contribution in [1.82, 2.24) is 9.62 Å². The van der Waals surface area contributed by atoms with Gasteiger partial charge in [-0.05, 0) is 36.2 Å². The van der Waals surface area contributed by atoms with Crippen molar-refractivity contribution in [1.29, 1.82) is 0 Å². The molecule has 5 nitrogen and oxygen atoms in total. The van der Waals surface area contributed by atoms with Gasteiger partial charge in [0.2, 0.25) is 10.0 Å². The van der Waals surface area contributed by atoms with Gasteiger partial charge in [0.05, 0.1) is 16.8 Å². The standard InChI is InChI=1S/C18H20ClFN2O3S/c1-26(24,25)22(12-10-14-6-8-15(20)9-7-14)13-11-21-18(23)16-4-2-3-5-17(16)19/h2-9H,10-13H2,1H3,(H,21,23). The van der Waals surface area contributed by atoms with Crippen molar-refractivity contribution < 1.29 is 17.6 Å². The molecule has 26 heavy (non-hydrogen) atoms. The number of hydrogen-bond donors (Lipinski definition) is 1. The summed E-state index contributed by atoms with van der Waals surface area (Å²) in [7, 11) is -3.43. The molecule has 2 aromatic rings. The van der Waals surface area contributed by atoms with E-state index in [0.29, 0.717) is 17.0 Å². The van der Waals surface area contributed by atoms with Crippen LogP contribution < -0.4 is 5.32 Å². The van der Waals surface area contributed by atoms with E-state index in [-0.39, 0.29) is 31.4 Å². The van der Waals surface area contributed by atoms with Gasteiger partial charge < -0.3 is 5.32 Å². The predicted octanol–water partition coefficient (Wildman–Crippen LogP) is 2.71. The van der Waals surface area contributed by atoms with E-state index in [4.69, 9.17) is 11.6 Å². The third-order valence-electron chi connectivity index (χ3n) is 3.80. The first kappa shape index (κ1) is 20.4. The smallest absolute Gasteiger partial charge is 0.252 e. The van der Waals surface area contributed by atoms with E-state index in [1.807, 2.05) is 0 Å². The number of sulfonamides is 1. The Morgan fingerprint density at radius 2 is 1.77 bits per heavy atom. The second-order valence-corrected chi connectivity index (χ2v) is 8.16. The summed E-state index contributed by atoms with van der Waals surface area (Å²) < 4.78 is 38.1. The molecule has 0 aliphatic rings. The van der Waals surface area contributed by atoms with Crippen LogP contribution in [0.15, 0.2) is 48.5 Å². The van der Waals surface area contributed by atoms with Gasteiger partial charge in [-0.2, -0.15) is 0 Å². The summed E-state index contributed by atoms with van der Waals surface area (Å²) in [5.41, 5.74) is 1.17. The van der Waals surface area contributed by atoms with E-state index in [1.54, 1.807) is 36.4 Å². The van der Waals surface area contributed by atoms with E-state index < -0.39 is 10.0 Å². The van der Waals surface area contributed by atoms with Crippen LogP contribution in [0.5, 0.6) is 0 Å². The number of nitrogens with one attached hydrogen (secondary N) is 1. The van der Waals surface area contributed by atoms with Crippen LogP contribution in [0.1, 0.15) is 15.9 Å². The molecule has 0 radical (unpaired) electrons. The van der Waals surface area contributed by atoms with Crippen LogP contribution in [-0.2, 0) is 16.4 Å². The van der Waals surface area contributed by atoms with Gasteiger partial charge in [0.1, 0.15) is 5.82 Å². The summed E-state index contributed by atoms with van der Waals surface area (Å²) in [4.78, 5) is 12.1. The molecule has 1 amide bonds. The Bertz CT molecular complexity index is 857. The van der Waals surface area contributed by atoms with Crippen molar-refractivity contribution >= 4 is 27.5 Å². The molecular formula is C18H20ClFN2O3S. The van der Waals surface area contributed by atoms with E-state index >= 15 is 0 Å². The SMILES string of the molecule is CS(=O)(=O)N(CCNC(=O)c1ccccc1Cl)CCc1ccc(F)cc1. The third-order valence-corrected chi connectivity index (χ3v) is 5.43. The minimum atomic E-state index is -3.43. The van der Waals surface area contributed by atoms with E-state index in [2.05, 4.69) is 5.32 Å². The molecule has 0 bridgehead atoms. The summed E-state index contributed by atoms with van der Waals surface area (Å²) in [6.07, 6.45) is 1.57. The molecule has 2 aromatic carbocycles. The van der Waals surface area contributed by atoms with Crippen molar-refractivity contribution in [3.8, 4) is 0 Å². The average molecular weight is 399 g/mol. The Morgan fingerprint density at radius 3 is 2.38 bits per heavy atom. The number of benzene rings is 2. The number of halogens is 2. The van der Waals surface area contributed by atoms with Crippen molar-refractivity contribution in [2.45, 2.75) is 6.42 Å². The van der Waals surface area contributed by atoms with Crippen molar-refractivity contribution in [2.24, 2.45) is 0 Å².